The third kappa shape index (κ3) is 5.23. The van der Waals surface area contributed by atoms with Crippen molar-refractivity contribution in [2.45, 2.75) is 39.7 Å². The van der Waals surface area contributed by atoms with Crippen molar-refractivity contribution in [3.63, 3.8) is 0 Å². The van der Waals surface area contributed by atoms with Crippen LogP contribution in [0.5, 0.6) is 17.2 Å². The molecule has 4 rings (SSSR count). The van der Waals surface area contributed by atoms with Gasteiger partial charge < -0.3 is 18.9 Å². The van der Waals surface area contributed by atoms with Gasteiger partial charge in [0, 0.05) is 12.2 Å². The molecule has 0 aliphatic carbocycles. The minimum absolute atomic E-state index is 0.0126. The number of para-hydroxylation sites is 1. The summed E-state index contributed by atoms with van der Waals surface area (Å²) >= 11 is 1.48. The van der Waals surface area contributed by atoms with E-state index in [-0.39, 0.29) is 12.0 Å². The Labute approximate surface area is 198 Å². The zero-order valence-electron chi connectivity index (χ0n) is 19.3. The van der Waals surface area contributed by atoms with Gasteiger partial charge in [-0.1, -0.05) is 17.4 Å². The summed E-state index contributed by atoms with van der Waals surface area (Å²) in [7, 11) is 0. The molecule has 0 saturated carbocycles. The lowest BCUT2D eigenvalue weighted by Gasteiger charge is -2.23. The van der Waals surface area contributed by atoms with Gasteiger partial charge in [0.1, 0.15) is 11.3 Å². The van der Waals surface area contributed by atoms with Crippen molar-refractivity contribution >= 4 is 32.6 Å². The number of aromatic nitrogens is 1. The van der Waals surface area contributed by atoms with Crippen LogP contribution < -0.4 is 19.1 Å². The molecule has 0 N–H and O–H groups in total. The van der Waals surface area contributed by atoms with Gasteiger partial charge in [0.25, 0.3) is 5.91 Å². The first kappa shape index (κ1) is 23.3. The molecular weight excluding hydrogens is 440 g/mol. The topological polar surface area (TPSA) is 70.1 Å². The van der Waals surface area contributed by atoms with E-state index in [1.807, 2.05) is 39.0 Å². The molecule has 1 unspecified atom stereocenters. The second-order valence-electron chi connectivity index (χ2n) is 7.61. The summed E-state index contributed by atoms with van der Waals surface area (Å²) in [6.45, 7) is 8.49. The quantitative estimate of drug-likeness (QED) is 0.400. The molecule has 3 aromatic rings. The smallest absolute Gasteiger partial charge is 0.260 e. The highest BCUT2D eigenvalue weighted by molar-refractivity contribution is 7.22. The molecule has 1 aromatic heterocycles. The Balaban J connectivity index is 1.71. The van der Waals surface area contributed by atoms with Gasteiger partial charge in [0.15, 0.2) is 16.6 Å². The number of carbonyl (C=O) groups excluding carboxylic acids is 1. The molecule has 2 heterocycles. The Hall–Kier alpha value is -2.84. The zero-order chi connectivity index (χ0) is 23.2. The molecule has 2 aromatic carbocycles. The summed E-state index contributed by atoms with van der Waals surface area (Å²) < 4.78 is 24.0. The summed E-state index contributed by atoms with van der Waals surface area (Å²) in [6, 6.07) is 11.2. The average Bonchev–Trinajstić information content (AvgIpc) is 3.49. The van der Waals surface area contributed by atoms with E-state index in [1.165, 1.54) is 11.3 Å². The predicted octanol–water partition coefficient (Wildman–Crippen LogP) is 5.32. The maximum atomic E-state index is 13.8. The first-order valence-electron chi connectivity index (χ1n) is 11.5. The summed E-state index contributed by atoms with van der Waals surface area (Å²) in [6.07, 6.45) is 1.91. The van der Waals surface area contributed by atoms with Crippen LogP contribution in [0, 0.1) is 0 Å². The highest BCUT2D eigenvalue weighted by Crippen LogP contribution is 2.36. The largest absolute Gasteiger partial charge is 0.492 e. The van der Waals surface area contributed by atoms with Gasteiger partial charge in [0.05, 0.1) is 37.2 Å². The fraction of sp³-hybridized carbons (Fsp3) is 0.440. The fourth-order valence-electron chi connectivity index (χ4n) is 3.88. The number of fused-ring (bicyclic) bond motifs is 1. The van der Waals surface area contributed by atoms with Crippen LogP contribution in [-0.4, -0.2) is 50.0 Å². The Bertz CT molecular complexity index is 1090. The van der Waals surface area contributed by atoms with Gasteiger partial charge in [0.2, 0.25) is 0 Å². The van der Waals surface area contributed by atoms with Crippen molar-refractivity contribution in [1.29, 1.82) is 0 Å². The molecule has 0 radical (unpaired) electrons. The van der Waals surface area contributed by atoms with Crippen LogP contribution in [0.4, 0.5) is 5.13 Å². The second-order valence-corrected chi connectivity index (χ2v) is 8.62. The van der Waals surface area contributed by atoms with Crippen LogP contribution in [-0.2, 0) is 4.74 Å². The van der Waals surface area contributed by atoms with Crippen LogP contribution in [0.1, 0.15) is 44.0 Å². The minimum Gasteiger partial charge on any atom is -0.492 e. The normalized spacial score (nSPS) is 15.5. The lowest BCUT2D eigenvalue weighted by Crippen LogP contribution is -2.37. The van der Waals surface area contributed by atoms with Crippen LogP contribution >= 0.6 is 11.3 Å². The SMILES string of the molecule is CCOc1ccc(C(=O)N(CC2CCCO2)c2nc3c(OCC)cccc3s2)cc1OCC. The third-order valence-electron chi connectivity index (χ3n) is 5.35. The van der Waals surface area contributed by atoms with E-state index in [1.54, 1.807) is 23.1 Å². The molecule has 8 heteroatoms. The van der Waals surface area contributed by atoms with Crippen molar-refractivity contribution in [2.24, 2.45) is 0 Å². The van der Waals surface area contributed by atoms with Gasteiger partial charge in [-0.05, 0) is 63.9 Å². The van der Waals surface area contributed by atoms with E-state index >= 15 is 0 Å². The van der Waals surface area contributed by atoms with Crippen LogP contribution in [0.3, 0.4) is 0 Å². The molecule has 0 spiro atoms. The maximum absolute atomic E-state index is 13.8. The van der Waals surface area contributed by atoms with Crippen LogP contribution in [0.25, 0.3) is 10.2 Å². The van der Waals surface area contributed by atoms with Gasteiger partial charge >= 0.3 is 0 Å². The lowest BCUT2D eigenvalue weighted by atomic mass is 10.1. The lowest BCUT2D eigenvalue weighted by molar-refractivity contribution is 0.0917. The Kier molecular flexibility index (Phi) is 7.67. The van der Waals surface area contributed by atoms with Crippen molar-refractivity contribution in [1.82, 2.24) is 4.98 Å². The Morgan fingerprint density at radius 2 is 1.82 bits per heavy atom. The second kappa shape index (κ2) is 10.9. The monoisotopic (exact) mass is 470 g/mol. The molecule has 0 bridgehead atoms. The number of rotatable bonds is 10. The number of hydrogen-bond donors (Lipinski definition) is 0. The van der Waals surface area contributed by atoms with Crippen LogP contribution in [0.15, 0.2) is 36.4 Å². The molecule has 33 heavy (non-hydrogen) atoms. The first-order valence-corrected chi connectivity index (χ1v) is 12.3. The summed E-state index contributed by atoms with van der Waals surface area (Å²) in [5.41, 5.74) is 1.29. The molecule has 7 nitrogen and oxygen atoms in total. The van der Waals surface area contributed by atoms with Gasteiger partial charge in [-0.25, -0.2) is 4.98 Å². The van der Waals surface area contributed by atoms with Gasteiger partial charge in [-0.15, -0.1) is 0 Å². The number of benzene rings is 2. The Morgan fingerprint density at radius 3 is 2.55 bits per heavy atom. The minimum atomic E-state index is -0.147. The molecule has 1 aliphatic heterocycles. The number of hydrogen-bond acceptors (Lipinski definition) is 7. The fourth-order valence-corrected chi connectivity index (χ4v) is 4.87. The first-order chi connectivity index (χ1) is 16.1. The molecule has 176 valence electrons. The average molecular weight is 471 g/mol. The van der Waals surface area contributed by atoms with Crippen molar-refractivity contribution in [3.8, 4) is 17.2 Å². The summed E-state index contributed by atoms with van der Waals surface area (Å²) in [5, 5.41) is 0.629. The van der Waals surface area contributed by atoms with Crippen LogP contribution in [0.2, 0.25) is 0 Å². The zero-order valence-corrected chi connectivity index (χ0v) is 20.2. The number of nitrogens with zero attached hydrogens (tertiary/aromatic N) is 2. The van der Waals surface area contributed by atoms with E-state index in [9.17, 15) is 4.79 Å². The highest BCUT2D eigenvalue weighted by Gasteiger charge is 2.28. The van der Waals surface area contributed by atoms with E-state index in [0.29, 0.717) is 48.6 Å². The van der Waals surface area contributed by atoms with Crippen molar-refractivity contribution in [3.05, 3.63) is 42.0 Å². The molecule has 1 atom stereocenters. The van der Waals surface area contributed by atoms with E-state index in [0.717, 1.165) is 35.4 Å². The molecule has 1 fully saturated rings. The third-order valence-corrected chi connectivity index (χ3v) is 6.39. The molecule has 1 amide bonds. The maximum Gasteiger partial charge on any atom is 0.260 e. The molecule has 1 saturated heterocycles. The van der Waals surface area contributed by atoms with E-state index < -0.39 is 0 Å². The predicted molar refractivity (Wildman–Crippen MR) is 130 cm³/mol. The number of carbonyl (C=O) groups is 1. The number of thiazole rings is 1. The number of ether oxygens (including phenoxy) is 4. The standard InChI is InChI=1S/C25H30N2O5S/c1-4-29-19-13-12-17(15-21(19)31-6-3)24(28)27(16-18-9-8-14-32-18)25-26-23-20(30-5-2)10-7-11-22(23)33-25/h7,10-13,15,18H,4-6,8-9,14,16H2,1-3H3. The van der Waals surface area contributed by atoms with Crippen molar-refractivity contribution in [2.75, 3.05) is 37.9 Å². The van der Waals surface area contributed by atoms with E-state index in [2.05, 4.69) is 0 Å². The summed E-state index contributed by atoms with van der Waals surface area (Å²) in [5.74, 6) is 1.77. The van der Waals surface area contributed by atoms with E-state index in [4.69, 9.17) is 23.9 Å². The Morgan fingerprint density at radius 1 is 1.06 bits per heavy atom. The highest BCUT2D eigenvalue weighted by atomic mass is 32.1. The number of amides is 1. The molecular formula is C25H30N2O5S. The summed E-state index contributed by atoms with van der Waals surface area (Å²) in [4.78, 5) is 20.3. The number of anilines is 1. The molecule has 1 aliphatic rings. The van der Waals surface area contributed by atoms with Gasteiger partial charge in [-0.3, -0.25) is 9.69 Å². The van der Waals surface area contributed by atoms with Gasteiger partial charge in [-0.2, -0.15) is 0 Å². The van der Waals surface area contributed by atoms with Crippen molar-refractivity contribution < 1.29 is 23.7 Å².